The number of rotatable bonds is 2. The Labute approximate surface area is 113 Å². The van der Waals surface area contributed by atoms with E-state index in [1.165, 1.54) is 0 Å². The van der Waals surface area contributed by atoms with Crippen LogP contribution in [-0.2, 0) is 6.54 Å². The molecule has 1 aromatic heterocycles. The SMILES string of the molecule is CC1Cn2c(nc([N+](=O)[O-])c2-c2ccc(Cl)cc2)O1. The number of hydrogen-bond acceptors (Lipinski definition) is 4. The Morgan fingerprint density at radius 1 is 1.47 bits per heavy atom. The van der Waals surface area contributed by atoms with Crippen LogP contribution < -0.4 is 4.74 Å². The molecule has 98 valence electrons. The number of benzene rings is 1. The molecule has 0 spiro atoms. The van der Waals surface area contributed by atoms with Gasteiger partial charge in [0.2, 0.25) is 0 Å². The predicted octanol–water partition coefficient (Wildman–Crippen LogP) is 2.89. The van der Waals surface area contributed by atoms with Gasteiger partial charge in [0.15, 0.2) is 5.69 Å². The first kappa shape index (κ1) is 12.0. The molecule has 6 nitrogen and oxygen atoms in total. The van der Waals surface area contributed by atoms with Crippen LogP contribution in [0.25, 0.3) is 11.3 Å². The van der Waals surface area contributed by atoms with E-state index in [9.17, 15) is 10.1 Å². The van der Waals surface area contributed by atoms with Gasteiger partial charge in [-0.3, -0.25) is 4.57 Å². The standard InChI is InChI=1S/C12H10ClN3O3/c1-7-6-15-10(8-2-4-9(13)5-3-8)11(16(17)18)14-12(15)19-7/h2-5,7H,6H2,1H3. The van der Waals surface area contributed by atoms with Crippen molar-refractivity contribution >= 4 is 17.4 Å². The fourth-order valence-corrected chi connectivity index (χ4v) is 2.30. The molecule has 0 aliphatic carbocycles. The Morgan fingerprint density at radius 3 is 2.79 bits per heavy atom. The minimum absolute atomic E-state index is 0.0330. The van der Waals surface area contributed by atoms with Crippen molar-refractivity contribution in [2.75, 3.05) is 0 Å². The smallest absolute Gasteiger partial charge is 0.415 e. The molecule has 19 heavy (non-hydrogen) atoms. The average Bonchev–Trinajstić information content (AvgIpc) is 2.86. The summed E-state index contributed by atoms with van der Waals surface area (Å²) in [7, 11) is 0. The Balaban J connectivity index is 2.18. The van der Waals surface area contributed by atoms with E-state index in [2.05, 4.69) is 4.98 Å². The fraction of sp³-hybridized carbons (Fsp3) is 0.250. The van der Waals surface area contributed by atoms with Crippen molar-refractivity contribution < 1.29 is 9.66 Å². The topological polar surface area (TPSA) is 70.2 Å². The number of aromatic nitrogens is 2. The number of halogens is 1. The maximum absolute atomic E-state index is 11.1. The Bertz CT molecular complexity index is 651. The lowest BCUT2D eigenvalue weighted by Gasteiger charge is -2.04. The molecule has 0 amide bonds. The highest BCUT2D eigenvalue weighted by atomic mass is 35.5. The minimum Gasteiger partial charge on any atom is -0.441 e. The maximum Gasteiger partial charge on any atom is 0.415 e. The van der Waals surface area contributed by atoms with Gasteiger partial charge in [-0.1, -0.05) is 23.7 Å². The van der Waals surface area contributed by atoms with E-state index in [0.29, 0.717) is 28.8 Å². The summed E-state index contributed by atoms with van der Waals surface area (Å²) in [5.41, 5.74) is 1.16. The van der Waals surface area contributed by atoms with Crippen molar-refractivity contribution in [3.05, 3.63) is 39.4 Å². The third-order valence-corrected chi connectivity index (χ3v) is 3.20. The highest BCUT2D eigenvalue weighted by molar-refractivity contribution is 6.30. The first-order valence-corrected chi connectivity index (χ1v) is 6.11. The Morgan fingerprint density at radius 2 is 2.16 bits per heavy atom. The average molecular weight is 280 g/mol. The van der Waals surface area contributed by atoms with Gasteiger partial charge >= 0.3 is 11.8 Å². The third-order valence-electron chi connectivity index (χ3n) is 2.95. The quantitative estimate of drug-likeness (QED) is 0.626. The number of nitrogens with zero attached hydrogens (tertiary/aromatic N) is 3. The summed E-state index contributed by atoms with van der Waals surface area (Å²) in [5, 5.41) is 11.7. The first-order valence-electron chi connectivity index (χ1n) is 5.74. The van der Waals surface area contributed by atoms with Crippen LogP contribution in [0.1, 0.15) is 6.92 Å². The highest BCUT2D eigenvalue weighted by Crippen LogP contribution is 2.37. The summed E-state index contributed by atoms with van der Waals surface area (Å²) in [5.74, 6) is -0.191. The minimum atomic E-state index is -0.497. The summed E-state index contributed by atoms with van der Waals surface area (Å²) in [6.07, 6.45) is -0.0330. The molecule has 0 bridgehead atoms. The van der Waals surface area contributed by atoms with E-state index >= 15 is 0 Å². The molecule has 3 rings (SSSR count). The van der Waals surface area contributed by atoms with Crippen LogP contribution in [0, 0.1) is 10.1 Å². The number of nitro groups is 1. The van der Waals surface area contributed by atoms with Crippen LogP contribution in [0.3, 0.4) is 0 Å². The normalized spacial score (nSPS) is 17.1. The van der Waals surface area contributed by atoms with Gasteiger partial charge in [0.1, 0.15) is 6.10 Å². The van der Waals surface area contributed by atoms with Gasteiger partial charge in [-0.05, 0) is 24.0 Å². The molecule has 0 saturated heterocycles. The van der Waals surface area contributed by atoms with Crippen molar-refractivity contribution in [3.8, 4) is 17.3 Å². The van der Waals surface area contributed by atoms with Gasteiger partial charge in [0.05, 0.1) is 6.54 Å². The maximum atomic E-state index is 11.1. The molecule has 0 radical (unpaired) electrons. The van der Waals surface area contributed by atoms with Crippen LogP contribution in [-0.4, -0.2) is 20.6 Å². The monoisotopic (exact) mass is 279 g/mol. The predicted molar refractivity (Wildman–Crippen MR) is 69.4 cm³/mol. The zero-order valence-electron chi connectivity index (χ0n) is 10.0. The van der Waals surface area contributed by atoms with Crippen molar-refractivity contribution in [2.45, 2.75) is 19.6 Å². The molecule has 1 aliphatic heterocycles. The van der Waals surface area contributed by atoms with E-state index in [1.54, 1.807) is 28.8 Å². The summed E-state index contributed by atoms with van der Waals surface area (Å²) in [6, 6.07) is 7.16. The van der Waals surface area contributed by atoms with Crippen LogP contribution in [0.15, 0.2) is 24.3 Å². The van der Waals surface area contributed by atoms with Gasteiger partial charge in [0, 0.05) is 15.6 Å². The lowest BCUT2D eigenvalue weighted by atomic mass is 10.1. The molecule has 1 unspecified atom stereocenters. The Hall–Kier alpha value is -2.08. The fourth-order valence-electron chi connectivity index (χ4n) is 2.17. The van der Waals surface area contributed by atoms with Crippen molar-refractivity contribution in [3.63, 3.8) is 0 Å². The molecular formula is C12H10ClN3O3. The first-order chi connectivity index (χ1) is 9.06. The number of ether oxygens (including phenoxy) is 1. The molecule has 0 N–H and O–H groups in total. The van der Waals surface area contributed by atoms with E-state index in [0.717, 1.165) is 0 Å². The van der Waals surface area contributed by atoms with E-state index < -0.39 is 4.92 Å². The summed E-state index contributed by atoms with van der Waals surface area (Å²) >= 11 is 5.83. The van der Waals surface area contributed by atoms with Gasteiger partial charge < -0.3 is 14.9 Å². The van der Waals surface area contributed by atoms with Crippen LogP contribution in [0.4, 0.5) is 5.82 Å². The second kappa shape index (κ2) is 4.24. The van der Waals surface area contributed by atoms with E-state index in [1.807, 2.05) is 6.92 Å². The molecule has 7 heteroatoms. The van der Waals surface area contributed by atoms with Gasteiger partial charge in [-0.25, -0.2) is 0 Å². The molecule has 0 saturated carbocycles. The number of hydrogen-bond donors (Lipinski definition) is 0. The Kier molecular flexibility index (Phi) is 2.67. The third kappa shape index (κ3) is 1.94. The van der Waals surface area contributed by atoms with Crippen molar-refractivity contribution in [1.82, 2.24) is 9.55 Å². The number of fused-ring (bicyclic) bond motifs is 1. The summed E-state index contributed by atoms with van der Waals surface area (Å²) < 4.78 is 7.17. The lowest BCUT2D eigenvalue weighted by Crippen LogP contribution is -2.09. The molecule has 1 atom stereocenters. The second-order valence-electron chi connectivity index (χ2n) is 4.37. The second-order valence-corrected chi connectivity index (χ2v) is 4.81. The zero-order valence-corrected chi connectivity index (χ0v) is 10.8. The summed E-state index contributed by atoms with van der Waals surface area (Å²) in [4.78, 5) is 14.5. The molecule has 0 fully saturated rings. The van der Waals surface area contributed by atoms with Gasteiger partial charge in [-0.2, -0.15) is 0 Å². The number of imidazole rings is 1. The lowest BCUT2D eigenvalue weighted by molar-refractivity contribution is -0.388. The molecule has 2 heterocycles. The molecule has 1 aromatic carbocycles. The van der Waals surface area contributed by atoms with Crippen LogP contribution >= 0.6 is 11.6 Å². The molecule has 1 aliphatic rings. The van der Waals surface area contributed by atoms with Crippen LogP contribution in [0.5, 0.6) is 6.01 Å². The van der Waals surface area contributed by atoms with Crippen LogP contribution in [0.2, 0.25) is 5.02 Å². The van der Waals surface area contributed by atoms with E-state index in [4.69, 9.17) is 16.3 Å². The molecule has 2 aromatic rings. The van der Waals surface area contributed by atoms with Gasteiger partial charge in [-0.15, -0.1) is 0 Å². The van der Waals surface area contributed by atoms with E-state index in [-0.39, 0.29) is 11.9 Å². The van der Waals surface area contributed by atoms with Crippen molar-refractivity contribution in [1.29, 1.82) is 0 Å². The van der Waals surface area contributed by atoms with Gasteiger partial charge in [0.25, 0.3) is 0 Å². The van der Waals surface area contributed by atoms with Crippen molar-refractivity contribution in [2.24, 2.45) is 0 Å². The zero-order chi connectivity index (χ0) is 13.6. The molecular weight excluding hydrogens is 270 g/mol. The highest BCUT2D eigenvalue weighted by Gasteiger charge is 2.35. The largest absolute Gasteiger partial charge is 0.441 e. The summed E-state index contributed by atoms with van der Waals surface area (Å²) in [6.45, 7) is 2.44.